The Hall–Kier alpha value is -2.02. The van der Waals surface area contributed by atoms with Gasteiger partial charge in [-0.2, -0.15) is 0 Å². The van der Waals surface area contributed by atoms with Crippen LogP contribution in [0.4, 0.5) is 0 Å². The Morgan fingerprint density at radius 1 is 0.750 bits per heavy atom. The molecule has 0 aliphatic heterocycles. The number of nitrogens with zero attached hydrogens (tertiary/aromatic N) is 1. The molecule has 1 aromatic heterocycles. The number of benzene rings is 2. The number of para-hydroxylation sites is 1. The van der Waals surface area contributed by atoms with Gasteiger partial charge in [0.15, 0.2) is 0 Å². The van der Waals surface area contributed by atoms with Crippen molar-refractivity contribution in [1.82, 2.24) is 4.57 Å². The van der Waals surface area contributed by atoms with Gasteiger partial charge in [-0.05, 0) is 29.3 Å². The fraction of sp³-hybridized carbons (Fsp3) is 0.0667. The van der Waals surface area contributed by atoms with Gasteiger partial charge < -0.3 is 4.57 Å². The molecule has 1 nitrogen and oxygen atoms in total. The smallest absolute Gasteiger partial charge is 0.0479 e. The largest absolute Gasteiger partial charge is 0.322 e. The topological polar surface area (TPSA) is 4.93 Å². The number of aromatic nitrogens is 1. The second-order valence-electron chi connectivity index (χ2n) is 4.08. The van der Waals surface area contributed by atoms with Crippen LogP contribution in [0.3, 0.4) is 0 Å². The highest BCUT2D eigenvalue weighted by Crippen LogP contribution is 2.20. The van der Waals surface area contributed by atoms with E-state index in [0.29, 0.717) is 0 Å². The van der Waals surface area contributed by atoms with Crippen molar-refractivity contribution in [2.45, 2.75) is 6.92 Å². The van der Waals surface area contributed by atoms with Crippen molar-refractivity contribution in [2.24, 2.45) is 0 Å². The Balaban J connectivity index is 2.23. The first-order chi connectivity index (χ1) is 7.84. The van der Waals surface area contributed by atoms with Crippen LogP contribution in [-0.4, -0.2) is 4.57 Å². The molecule has 1 heteroatoms. The lowest BCUT2D eigenvalue weighted by molar-refractivity contribution is 1.07. The zero-order valence-electron chi connectivity index (χ0n) is 9.22. The lowest BCUT2D eigenvalue weighted by Crippen LogP contribution is -1.91. The Labute approximate surface area is 95.0 Å². The molecule has 0 fully saturated rings. The fourth-order valence-electron chi connectivity index (χ4n) is 2.08. The van der Waals surface area contributed by atoms with E-state index in [1.807, 2.05) is 0 Å². The van der Waals surface area contributed by atoms with Crippen molar-refractivity contribution in [3.05, 3.63) is 66.5 Å². The molecule has 0 aliphatic carbocycles. The number of hydrogen-bond acceptors (Lipinski definition) is 0. The van der Waals surface area contributed by atoms with Gasteiger partial charge in [-0.1, -0.05) is 42.5 Å². The quantitative estimate of drug-likeness (QED) is 0.569. The fourth-order valence-corrected chi connectivity index (χ4v) is 2.08. The predicted molar refractivity (Wildman–Crippen MR) is 68.0 cm³/mol. The van der Waals surface area contributed by atoms with E-state index in [0.717, 1.165) is 0 Å². The van der Waals surface area contributed by atoms with E-state index in [-0.39, 0.29) is 0 Å². The Bertz CT molecular complexity index is 601. The summed E-state index contributed by atoms with van der Waals surface area (Å²) in [5.41, 5.74) is 2.54. The molecule has 0 saturated heterocycles. The summed E-state index contributed by atoms with van der Waals surface area (Å²) < 4.78 is 2.19. The van der Waals surface area contributed by atoms with Crippen molar-refractivity contribution in [1.29, 1.82) is 0 Å². The number of hydrogen-bond donors (Lipinski definition) is 0. The first kappa shape index (κ1) is 9.22. The summed E-state index contributed by atoms with van der Waals surface area (Å²) in [5, 5.41) is 2.57. The van der Waals surface area contributed by atoms with Gasteiger partial charge >= 0.3 is 0 Å². The van der Waals surface area contributed by atoms with Gasteiger partial charge in [-0.3, -0.25) is 0 Å². The molecule has 3 aromatic rings. The molecular weight excluding hydrogens is 194 g/mol. The van der Waals surface area contributed by atoms with Crippen LogP contribution in [0.25, 0.3) is 16.5 Å². The van der Waals surface area contributed by atoms with Crippen molar-refractivity contribution < 1.29 is 0 Å². The Morgan fingerprint density at radius 3 is 1.94 bits per heavy atom. The second-order valence-corrected chi connectivity index (χ2v) is 4.08. The summed E-state index contributed by atoms with van der Waals surface area (Å²) in [6.07, 6.45) is 4.36. The van der Waals surface area contributed by atoms with Crippen LogP contribution in [0, 0.1) is 6.92 Å². The predicted octanol–water partition coefficient (Wildman–Crippen LogP) is 3.94. The van der Waals surface area contributed by atoms with Crippen LogP contribution in [-0.2, 0) is 0 Å². The van der Waals surface area contributed by atoms with Gasteiger partial charge in [0.2, 0.25) is 0 Å². The van der Waals surface area contributed by atoms with Crippen LogP contribution >= 0.6 is 0 Å². The molecule has 16 heavy (non-hydrogen) atoms. The summed E-state index contributed by atoms with van der Waals surface area (Å²) >= 11 is 0. The number of fused-ring (bicyclic) bond motifs is 1. The van der Waals surface area contributed by atoms with Crippen LogP contribution in [0.15, 0.2) is 60.9 Å². The van der Waals surface area contributed by atoms with Crippen LogP contribution in [0.2, 0.25) is 0 Å². The van der Waals surface area contributed by atoms with Gasteiger partial charge in [0, 0.05) is 18.1 Å². The van der Waals surface area contributed by atoms with Gasteiger partial charge in [0.25, 0.3) is 0 Å². The highest BCUT2D eigenvalue weighted by atomic mass is 14.9. The van der Waals surface area contributed by atoms with Crippen LogP contribution in [0.5, 0.6) is 0 Å². The normalized spacial score (nSPS) is 10.8. The van der Waals surface area contributed by atoms with Crippen LogP contribution < -0.4 is 0 Å². The van der Waals surface area contributed by atoms with E-state index in [1.165, 1.54) is 22.0 Å². The highest BCUT2D eigenvalue weighted by Gasteiger charge is 2.01. The molecule has 0 aliphatic rings. The minimum atomic E-state index is 1.25. The van der Waals surface area contributed by atoms with Crippen molar-refractivity contribution >= 4 is 10.8 Å². The molecule has 0 spiro atoms. The zero-order valence-corrected chi connectivity index (χ0v) is 9.22. The van der Waals surface area contributed by atoms with Crippen LogP contribution in [0.1, 0.15) is 5.56 Å². The summed E-state index contributed by atoms with van der Waals surface area (Å²) in [6, 6.07) is 16.9. The summed E-state index contributed by atoms with van der Waals surface area (Å²) in [4.78, 5) is 0. The van der Waals surface area contributed by atoms with E-state index in [1.54, 1.807) is 0 Å². The highest BCUT2D eigenvalue weighted by molar-refractivity contribution is 5.82. The Morgan fingerprint density at radius 2 is 1.31 bits per heavy atom. The average Bonchev–Trinajstić information content (AvgIpc) is 2.73. The van der Waals surface area contributed by atoms with E-state index >= 15 is 0 Å². The van der Waals surface area contributed by atoms with Gasteiger partial charge in [0.05, 0.1) is 0 Å². The minimum absolute atomic E-state index is 1.25. The molecule has 78 valence electrons. The van der Waals surface area contributed by atoms with Crippen molar-refractivity contribution in [3.63, 3.8) is 0 Å². The van der Waals surface area contributed by atoms with Gasteiger partial charge in [-0.25, -0.2) is 0 Å². The molecule has 0 N–H and O–H groups in total. The maximum atomic E-state index is 2.19. The number of aryl methyl sites for hydroxylation is 1. The van der Waals surface area contributed by atoms with E-state index in [4.69, 9.17) is 0 Å². The van der Waals surface area contributed by atoms with Gasteiger partial charge in [-0.15, -0.1) is 0 Å². The second kappa shape index (κ2) is 3.53. The first-order valence-electron chi connectivity index (χ1n) is 5.47. The maximum Gasteiger partial charge on any atom is 0.0479 e. The first-order valence-corrected chi connectivity index (χ1v) is 5.47. The zero-order chi connectivity index (χ0) is 11.0. The van der Waals surface area contributed by atoms with E-state index < -0.39 is 0 Å². The standard InChI is InChI=1S/C15H13N/c1-12-6-2-5-9-15(12)16-10-13-7-3-4-8-14(13)11-16/h2-11H,1H3. The molecule has 0 atom stereocenters. The van der Waals surface area contributed by atoms with Crippen molar-refractivity contribution in [3.8, 4) is 5.69 Å². The van der Waals surface area contributed by atoms with E-state index in [2.05, 4.69) is 72.4 Å². The molecule has 1 heterocycles. The molecular formula is C15H13N. The lowest BCUT2D eigenvalue weighted by atomic mass is 10.2. The molecule has 3 rings (SSSR count). The summed E-state index contributed by atoms with van der Waals surface area (Å²) in [7, 11) is 0. The molecule has 0 amide bonds. The minimum Gasteiger partial charge on any atom is -0.322 e. The van der Waals surface area contributed by atoms with Crippen molar-refractivity contribution in [2.75, 3.05) is 0 Å². The SMILES string of the molecule is Cc1ccccc1-n1cc2ccccc2c1. The molecule has 0 radical (unpaired) electrons. The Kier molecular flexibility index (Phi) is 2.03. The molecule has 0 bridgehead atoms. The molecule has 0 unspecified atom stereocenters. The molecule has 0 saturated carbocycles. The third kappa shape index (κ3) is 1.41. The monoisotopic (exact) mass is 207 g/mol. The third-order valence-corrected chi connectivity index (χ3v) is 2.95. The van der Waals surface area contributed by atoms with E-state index in [9.17, 15) is 0 Å². The van der Waals surface area contributed by atoms with Gasteiger partial charge in [0.1, 0.15) is 0 Å². The maximum absolute atomic E-state index is 2.19. The summed E-state index contributed by atoms with van der Waals surface area (Å²) in [6.45, 7) is 2.14. The lowest BCUT2D eigenvalue weighted by Gasteiger charge is -2.05. The average molecular weight is 207 g/mol. The molecule has 2 aromatic carbocycles. The third-order valence-electron chi connectivity index (χ3n) is 2.95. The number of rotatable bonds is 1. The summed E-state index contributed by atoms with van der Waals surface area (Å²) in [5.74, 6) is 0.